The molecule has 1 rings (SSSR count). The molecule has 1 heteroatoms. The zero-order chi connectivity index (χ0) is 7.99. The van der Waals surface area contributed by atoms with Gasteiger partial charge in [-0.3, -0.25) is 0 Å². The van der Waals surface area contributed by atoms with Gasteiger partial charge in [-0.05, 0) is 32.6 Å². The molecule has 0 spiro atoms. The van der Waals surface area contributed by atoms with Gasteiger partial charge in [0.1, 0.15) is 0 Å². The minimum absolute atomic E-state index is 0.350. The quantitative estimate of drug-likeness (QED) is 0.545. The van der Waals surface area contributed by atoms with Crippen LogP contribution in [-0.4, -0.2) is 11.6 Å². The highest BCUT2D eigenvalue weighted by Crippen LogP contribution is 2.38. The molecule has 1 nitrogen and oxygen atoms in total. The molecule has 1 fully saturated rings. The van der Waals surface area contributed by atoms with Crippen molar-refractivity contribution in [1.29, 1.82) is 0 Å². The largest absolute Gasteiger partial charge is 0.309 e. The van der Waals surface area contributed by atoms with Gasteiger partial charge in [0.25, 0.3) is 0 Å². The Hall–Kier alpha value is -0.0400. The Morgan fingerprint density at radius 3 is 1.80 bits per heavy atom. The summed E-state index contributed by atoms with van der Waals surface area (Å²) in [5.41, 5.74) is 0.826. The van der Waals surface area contributed by atoms with Crippen LogP contribution in [0.1, 0.15) is 41.0 Å². The molecule has 0 aromatic carbocycles. The van der Waals surface area contributed by atoms with E-state index >= 15 is 0 Å². The second kappa shape index (κ2) is 1.97. The molecule has 1 aliphatic rings. The molecule has 1 unspecified atom stereocenters. The summed E-state index contributed by atoms with van der Waals surface area (Å²) in [4.78, 5) is 0. The summed E-state index contributed by atoms with van der Waals surface area (Å²) in [6.07, 6.45) is 1.28. The summed E-state index contributed by atoms with van der Waals surface area (Å²) in [6.45, 7) is 11.5. The highest BCUT2D eigenvalue weighted by Gasteiger charge is 2.41. The van der Waals surface area contributed by atoms with Crippen LogP contribution >= 0.6 is 0 Å². The van der Waals surface area contributed by atoms with Gasteiger partial charge in [0.05, 0.1) is 0 Å². The predicted molar refractivity (Wildman–Crippen MR) is 45.1 cm³/mol. The van der Waals surface area contributed by atoms with Gasteiger partial charge < -0.3 is 5.32 Å². The van der Waals surface area contributed by atoms with Gasteiger partial charge >= 0.3 is 0 Å². The van der Waals surface area contributed by atoms with E-state index in [-0.39, 0.29) is 0 Å². The maximum atomic E-state index is 3.58. The van der Waals surface area contributed by atoms with Gasteiger partial charge in [0.2, 0.25) is 0 Å². The third-order valence-electron chi connectivity index (χ3n) is 2.68. The van der Waals surface area contributed by atoms with Crippen molar-refractivity contribution in [3.05, 3.63) is 0 Å². The number of rotatable bonds is 0. The molecule has 1 aliphatic heterocycles. The first-order valence-electron chi connectivity index (χ1n) is 4.11. The summed E-state index contributed by atoms with van der Waals surface area (Å²) < 4.78 is 0. The Kier molecular flexibility index (Phi) is 1.59. The Balaban J connectivity index is 2.71. The molecule has 0 aromatic rings. The maximum Gasteiger partial charge on any atom is 0.0133 e. The van der Waals surface area contributed by atoms with E-state index in [2.05, 4.69) is 39.9 Å². The molecule has 0 bridgehead atoms. The molecule has 1 atom stereocenters. The Morgan fingerprint density at radius 2 is 1.70 bits per heavy atom. The highest BCUT2D eigenvalue weighted by atomic mass is 15.0. The third kappa shape index (κ3) is 1.34. The first-order chi connectivity index (χ1) is 4.33. The van der Waals surface area contributed by atoms with Crippen LogP contribution in [0.15, 0.2) is 0 Å². The minimum Gasteiger partial charge on any atom is -0.309 e. The van der Waals surface area contributed by atoms with Crippen molar-refractivity contribution in [2.24, 2.45) is 5.41 Å². The first-order valence-corrected chi connectivity index (χ1v) is 4.11. The second-order valence-corrected chi connectivity index (χ2v) is 4.92. The van der Waals surface area contributed by atoms with Crippen LogP contribution in [0.25, 0.3) is 0 Å². The topological polar surface area (TPSA) is 12.0 Å². The Bertz CT molecular complexity index is 136. The van der Waals surface area contributed by atoms with E-state index in [0.717, 1.165) is 0 Å². The van der Waals surface area contributed by atoms with Crippen molar-refractivity contribution in [2.45, 2.75) is 52.6 Å². The summed E-state index contributed by atoms with van der Waals surface area (Å²) >= 11 is 0. The van der Waals surface area contributed by atoms with Crippen molar-refractivity contribution >= 4 is 0 Å². The van der Waals surface area contributed by atoms with Crippen LogP contribution in [0, 0.1) is 5.41 Å². The average Bonchev–Trinajstić information content (AvgIpc) is 1.73. The number of nitrogens with one attached hydrogen (secondary N) is 1. The number of hydrogen-bond acceptors (Lipinski definition) is 1. The van der Waals surface area contributed by atoms with E-state index in [1.165, 1.54) is 6.42 Å². The predicted octanol–water partition coefficient (Wildman–Crippen LogP) is 2.17. The summed E-state index contributed by atoms with van der Waals surface area (Å²) in [6, 6.07) is 0.655. The molecule has 10 heavy (non-hydrogen) atoms. The van der Waals surface area contributed by atoms with E-state index < -0.39 is 0 Å². The molecule has 0 amide bonds. The SMILES string of the molecule is CC1NC(C)(C)CC1(C)C. The fourth-order valence-corrected chi connectivity index (χ4v) is 2.12. The van der Waals surface area contributed by atoms with Gasteiger partial charge in [0, 0.05) is 11.6 Å². The molecule has 0 radical (unpaired) electrons. The molecule has 60 valence electrons. The van der Waals surface area contributed by atoms with Gasteiger partial charge in [-0.1, -0.05) is 13.8 Å². The molecular formula is C9H19N. The lowest BCUT2D eigenvalue weighted by Crippen LogP contribution is -2.37. The number of hydrogen-bond donors (Lipinski definition) is 1. The summed E-state index contributed by atoms with van der Waals surface area (Å²) in [7, 11) is 0. The van der Waals surface area contributed by atoms with Crippen LogP contribution in [0.2, 0.25) is 0 Å². The van der Waals surface area contributed by atoms with Gasteiger partial charge in [-0.2, -0.15) is 0 Å². The van der Waals surface area contributed by atoms with Crippen molar-refractivity contribution < 1.29 is 0 Å². The molecule has 1 saturated heterocycles. The lowest BCUT2D eigenvalue weighted by molar-refractivity contribution is 0.326. The second-order valence-electron chi connectivity index (χ2n) is 4.92. The molecule has 0 saturated carbocycles. The Labute approximate surface area is 64.2 Å². The zero-order valence-corrected chi connectivity index (χ0v) is 7.78. The lowest BCUT2D eigenvalue weighted by atomic mass is 9.82. The molecule has 1 heterocycles. The average molecular weight is 141 g/mol. The zero-order valence-electron chi connectivity index (χ0n) is 7.78. The minimum atomic E-state index is 0.350. The summed E-state index contributed by atoms with van der Waals surface area (Å²) in [5.74, 6) is 0. The van der Waals surface area contributed by atoms with Crippen LogP contribution in [0.4, 0.5) is 0 Å². The van der Waals surface area contributed by atoms with Crippen molar-refractivity contribution in [3.8, 4) is 0 Å². The van der Waals surface area contributed by atoms with Crippen LogP contribution in [0.5, 0.6) is 0 Å². The van der Waals surface area contributed by atoms with Gasteiger partial charge in [0.15, 0.2) is 0 Å². The third-order valence-corrected chi connectivity index (χ3v) is 2.68. The molecule has 0 aliphatic carbocycles. The fourth-order valence-electron chi connectivity index (χ4n) is 2.12. The molecule has 0 aromatic heterocycles. The van der Waals surface area contributed by atoms with Crippen LogP contribution in [0.3, 0.4) is 0 Å². The van der Waals surface area contributed by atoms with E-state index in [4.69, 9.17) is 0 Å². The van der Waals surface area contributed by atoms with Crippen LogP contribution < -0.4 is 5.32 Å². The Morgan fingerprint density at radius 1 is 1.20 bits per heavy atom. The summed E-state index contributed by atoms with van der Waals surface area (Å²) in [5, 5.41) is 3.58. The van der Waals surface area contributed by atoms with E-state index in [1.54, 1.807) is 0 Å². The van der Waals surface area contributed by atoms with E-state index in [9.17, 15) is 0 Å². The monoisotopic (exact) mass is 141 g/mol. The normalized spacial score (nSPS) is 36.3. The van der Waals surface area contributed by atoms with Crippen LogP contribution in [-0.2, 0) is 0 Å². The molecule has 1 N–H and O–H groups in total. The molecular weight excluding hydrogens is 122 g/mol. The van der Waals surface area contributed by atoms with E-state index in [0.29, 0.717) is 17.0 Å². The van der Waals surface area contributed by atoms with Crippen molar-refractivity contribution in [1.82, 2.24) is 5.32 Å². The van der Waals surface area contributed by atoms with E-state index in [1.807, 2.05) is 0 Å². The lowest BCUT2D eigenvalue weighted by Gasteiger charge is -2.22. The smallest absolute Gasteiger partial charge is 0.0133 e. The van der Waals surface area contributed by atoms with Gasteiger partial charge in [-0.15, -0.1) is 0 Å². The van der Waals surface area contributed by atoms with Crippen molar-refractivity contribution in [3.63, 3.8) is 0 Å². The van der Waals surface area contributed by atoms with Crippen molar-refractivity contribution in [2.75, 3.05) is 0 Å². The standard InChI is InChI=1S/C9H19N/c1-7-8(2,3)6-9(4,5)10-7/h7,10H,6H2,1-5H3. The highest BCUT2D eigenvalue weighted by molar-refractivity contribution is 4.99. The maximum absolute atomic E-state index is 3.58. The first kappa shape index (κ1) is 8.06. The van der Waals surface area contributed by atoms with Gasteiger partial charge in [-0.25, -0.2) is 0 Å². The fraction of sp³-hybridized carbons (Fsp3) is 1.00.